The first-order valence-corrected chi connectivity index (χ1v) is 7.31. The van der Waals surface area contributed by atoms with Crippen molar-refractivity contribution in [2.45, 2.75) is 18.9 Å². The minimum Gasteiger partial charge on any atom is -0.495 e. The topological polar surface area (TPSA) is 73.6 Å². The molecule has 1 saturated carbocycles. The molecule has 1 unspecified atom stereocenters. The van der Waals surface area contributed by atoms with E-state index >= 15 is 0 Å². The lowest BCUT2D eigenvalue weighted by atomic mass is 10.1. The third-order valence-electron chi connectivity index (χ3n) is 3.43. The molecule has 1 aromatic carbocycles. The van der Waals surface area contributed by atoms with Crippen LogP contribution in [0.2, 0.25) is 0 Å². The number of hydrogen-bond acceptors (Lipinski definition) is 4. The zero-order chi connectivity index (χ0) is 14.7. The van der Waals surface area contributed by atoms with Gasteiger partial charge in [0.15, 0.2) is 0 Å². The average molecular weight is 343 g/mol. The van der Waals surface area contributed by atoms with Crippen molar-refractivity contribution in [1.82, 2.24) is 5.32 Å². The molecule has 6 heteroatoms. The number of ether oxygens (including phenoxy) is 2. The molecule has 110 valence electrons. The maximum atomic E-state index is 12.1. The van der Waals surface area contributed by atoms with Gasteiger partial charge in [-0.2, -0.15) is 0 Å². The number of nitrogens with one attached hydrogen (secondary N) is 1. The fourth-order valence-corrected chi connectivity index (χ4v) is 2.56. The number of carbonyl (C=O) groups is 1. The summed E-state index contributed by atoms with van der Waals surface area (Å²) in [5.41, 5.74) is 6.46. The summed E-state index contributed by atoms with van der Waals surface area (Å²) in [7, 11) is 3.09. The molecular formula is C14H19BrN2O3. The van der Waals surface area contributed by atoms with Crippen LogP contribution in [0.4, 0.5) is 0 Å². The maximum Gasteiger partial charge on any atom is 0.251 e. The third kappa shape index (κ3) is 3.43. The van der Waals surface area contributed by atoms with Gasteiger partial charge in [0, 0.05) is 18.2 Å². The van der Waals surface area contributed by atoms with Gasteiger partial charge in [-0.3, -0.25) is 4.79 Å². The summed E-state index contributed by atoms with van der Waals surface area (Å²) >= 11 is 3.37. The van der Waals surface area contributed by atoms with Gasteiger partial charge in [0.2, 0.25) is 0 Å². The fraction of sp³-hybridized carbons (Fsp3) is 0.500. The van der Waals surface area contributed by atoms with Crippen molar-refractivity contribution in [3.05, 3.63) is 22.2 Å². The molecule has 0 spiro atoms. The number of halogens is 1. The Bertz CT molecular complexity index is 478. The van der Waals surface area contributed by atoms with Crippen LogP contribution in [0.15, 0.2) is 16.6 Å². The number of amides is 1. The van der Waals surface area contributed by atoms with Gasteiger partial charge >= 0.3 is 0 Å². The van der Waals surface area contributed by atoms with Gasteiger partial charge in [0.05, 0.1) is 14.2 Å². The predicted octanol–water partition coefficient (Wildman–Crippen LogP) is 1.93. The smallest absolute Gasteiger partial charge is 0.251 e. The largest absolute Gasteiger partial charge is 0.495 e. The van der Waals surface area contributed by atoms with Crippen LogP contribution < -0.4 is 20.5 Å². The summed E-state index contributed by atoms with van der Waals surface area (Å²) in [5.74, 6) is 1.50. The van der Waals surface area contributed by atoms with Crippen molar-refractivity contribution in [1.29, 1.82) is 0 Å². The van der Waals surface area contributed by atoms with Crippen LogP contribution in [0.25, 0.3) is 0 Å². The van der Waals surface area contributed by atoms with Gasteiger partial charge < -0.3 is 20.5 Å². The van der Waals surface area contributed by atoms with Crippen LogP contribution in [0.3, 0.4) is 0 Å². The number of hydrogen-bond donors (Lipinski definition) is 2. The van der Waals surface area contributed by atoms with Gasteiger partial charge in [-0.25, -0.2) is 0 Å². The SMILES string of the molecule is COc1cc(C(=O)NCC(N)C2CC2)cc(OC)c1Br. The van der Waals surface area contributed by atoms with Crippen LogP contribution in [-0.2, 0) is 0 Å². The predicted molar refractivity (Wildman–Crippen MR) is 80.3 cm³/mol. The molecule has 1 atom stereocenters. The summed E-state index contributed by atoms with van der Waals surface area (Å²) < 4.78 is 11.1. The van der Waals surface area contributed by atoms with E-state index in [2.05, 4.69) is 21.2 Å². The molecular weight excluding hydrogens is 324 g/mol. The molecule has 3 N–H and O–H groups in total. The number of methoxy groups -OCH3 is 2. The van der Waals surface area contributed by atoms with E-state index in [9.17, 15) is 4.79 Å². The summed E-state index contributed by atoms with van der Waals surface area (Å²) in [6.45, 7) is 0.490. The van der Waals surface area contributed by atoms with E-state index in [4.69, 9.17) is 15.2 Å². The Morgan fingerprint density at radius 3 is 2.40 bits per heavy atom. The van der Waals surface area contributed by atoms with Crippen LogP contribution in [0, 0.1) is 5.92 Å². The second-order valence-corrected chi connectivity index (χ2v) is 5.70. The van der Waals surface area contributed by atoms with Gasteiger partial charge in [0.1, 0.15) is 16.0 Å². The number of rotatable bonds is 6. The van der Waals surface area contributed by atoms with E-state index < -0.39 is 0 Å². The first-order chi connectivity index (χ1) is 9.56. The molecule has 0 bridgehead atoms. The highest BCUT2D eigenvalue weighted by Crippen LogP contribution is 2.35. The van der Waals surface area contributed by atoms with Gasteiger partial charge in [-0.15, -0.1) is 0 Å². The first-order valence-electron chi connectivity index (χ1n) is 6.52. The zero-order valence-corrected chi connectivity index (χ0v) is 13.2. The molecule has 5 nitrogen and oxygen atoms in total. The molecule has 20 heavy (non-hydrogen) atoms. The minimum atomic E-state index is -0.176. The highest BCUT2D eigenvalue weighted by atomic mass is 79.9. The molecule has 0 heterocycles. The lowest BCUT2D eigenvalue weighted by Gasteiger charge is -2.14. The second-order valence-electron chi connectivity index (χ2n) is 4.91. The van der Waals surface area contributed by atoms with Crippen molar-refractivity contribution in [2.24, 2.45) is 11.7 Å². The van der Waals surface area contributed by atoms with Crippen molar-refractivity contribution in [2.75, 3.05) is 20.8 Å². The van der Waals surface area contributed by atoms with Crippen LogP contribution >= 0.6 is 15.9 Å². The number of benzene rings is 1. The zero-order valence-electron chi connectivity index (χ0n) is 11.6. The summed E-state index contributed by atoms with van der Waals surface area (Å²) in [4.78, 5) is 12.1. The van der Waals surface area contributed by atoms with Gasteiger partial charge in [0.25, 0.3) is 5.91 Å². The van der Waals surface area contributed by atoms with Crippen molar-refractivity contribution in [3.63, 3.8) is 0 Å². The van der Waals surface area contributed by atoms with E-state index in [0.717, 1.165) is 12.8 Å². The van der Waals surface area contributed by atoms with Gasteiger partial charge in [-0.1, -0.05) is 0 Å². The van der Waals surface area contributed by atoms with E-state index in [-0.39, 0.29) is 11.9 Å². The lowest BCUT2D eigenvalue weighted by Crippen LogP contribution is -2.38. The third-order valence-corrected chi connectivity index (χ3v) is 4.22. The van der Waals surface area contributed by atoms with Crippen LogP contribution in [0.1, 0.15) is 23.2 Å². The average Bonchev–Trinajstić information content (AvgIpc) is 3.29. The molecule has 1 amide bonds. The Morgan fingerprint density at radius 1 is 1.40 bits per heavy atom. The Labute approximate surface area is 126 Å². The standard InChI is InChI=1S/C14H19BrN2O3/c1-19-11-5-9(6-12(20-2)13(11)15)14(18)17-7-10(16)8-3-4-8/h5-6,8,10H,3-4,7,16H2,1-2H3,(H,17,18). The van der Waals surface area contributed by atoms with E-state index in [1.807, 2.05) is 0 Å². The molecule has 1 aliphatic carbocycles. The van der Waals surface area contributed by atoms with Gasteiger partial charge in [-0.05, 0) is 46.8 Å². The minimum absolute atomic E-state index is 0.0400. The van der Waals surface area contributed by atoms with Crippen molar-refractivity contribution in [3.8, 4) is 11.5 Å². The van der Waals surface area contributed by atoms with Crippen molar-refractivity contribution < 1.29 is 14.3 Å². The molecule has 0 saturated heterocycles. The van der Waals surface area contributed by atoms with Crippen LogP contribution in [-0.4, -0.2) is 32.7 Å². The Hall–Kier alpha value is -1.27. The molecule has 1 fully saturated rings. The molecule has 0 aliphatic heterocycles. The Balaban J connectivity index is 2.08. The van der Waals surface area contributed by atoms with Crippen molar-refractivity contribution >= 4 is 21.8 Å². The maximum absolute atomic E-state index is 12.1. The number of nitrogens with two attached hydrogens (primary N) is 1. The lowest BCUT2D eigenvalue weighted by molar-refractivity contribution is 0.0949. The fourth-order valence-electron chi connectivity index (χ4n) is 2.00. The van der Waals surface area contributed by atoms with E-state index in [0.29, 0.717) is 34.0 Å². The molecule has 1 aromatic rings. The molecule has 0 aromatic heterocycles. The quantitative estimate of drug-likeness (QED) is 0.828. The van der Waals surface area contributed by atoms with E-state index in [1.54, 1.807) is 26.4 Å². The van der Waals surface area contributed by atoms with Crippen LogP contribution in [0.5, 0.6) is 11.5 Å². The summed E-state index contributed by atoms with van der Waals surface area (Å²) in [6, 6.07) is 3.38. The second kappa shape index (κ2) is 6.45. The highest BCUT2D eigenvalue weighted by molar-refractivity contribution is 9.10. The Morgan fingerprint density at radius 2 is 1.95 bits per heavy atom. The molecule has 1 aliphatic rings. The monoisotopic (exact) mass is 342 g/mol. The molecule has 2 rings (SSSR count). The normalized spacial score (nSPS) is 15.6. The van der Waals surface area contributed by atoms with E-state index in [1.165, 1.54) is 0 Å². The molecule has 0 radical (unpaired) electrons. The highest BCUT2D eigenvalue weighted by Gasteiger charge is 2.28. The number of carbonyl (C=O) groups excluding carboxylic acids is 1. The summed E-state index contributed by atoms with van der Waals surface area (Å²) in [5, 5.41) is 2.85. The Kier molecular flexibility index (Phi) is 4.88. The first kappa shape index (κ1) is 15.1. The summed E-state index contributed by atoms with van der Waals surface area (Å²) in [6.07, 6.45) is 2.33.